The number of hydrogen-bond donors (Lipinski definition) is 3. The van der Waals surface area contributed by atoms with Crippen LogP contribution in [0.25, 0.3) is 0 Å². The maximum Gasteiger partial charge on any atom is 0.115 e. The zero-order chi connectivity index (χ0) is 31.2. The Kier molecular flexibility index (Phi) is 22.0. The van der Waals surface area contributed by atoms with Gasteiger partial charge in [-0.05, 0) is 111 Å². The van der Waals surface area contributed by atoms with Crippen molar-refractivity contribution in [1.82, 2.24) is 0 Å². The van der Waals surface area contributed by atoms with Gasteiger partial charge in [-0.2, -0.15) is 0 Å². The summed E-state index contributed by atoms with van der Waals surface area (Å²) in [5.41, 5.74) is 3.60. The first-order chi connectivity index (χ1) is 20.3. The molecule has 0 aliphatic carbocycles. The second-order valence-corrected chi connectivity index (χ2v) is 10.5. The van der Waals surface area contributed by atoms with Gasteiger partial charge in [0.2, 0.25) is 0 Å². The molecule has 0 amide bonds. The fourth-order valence-electron chi connectivity index (χ4n) is 4.72. The summed E-state index contributed by atoms with van der Waals surface area (Å²) < 4.78 is 0. The van der Waals surface area contributed by atoms with E-state index < -0.39 is 0 Å². The molecular formula is C37H61N3O3. The van der Waals surface area contributed by atoms with Crippen LogP contribution in [0.2, 0.25) is 0 Å². The summed E-state index contributed by atoms with van der Waals surface area (Å²) in [4.78, 5) is 7.04. The van der Waals surface area contributed by atoms with Crippen LogP contribution >= 0.6 is 0 Å². The van der Waals surface area contributed by atoms with E-state index in [0.29, 0.717) is 17.2 Å². The highest BCUT2D eigenvalue weighted by atomic mass is 16.3. The van der Waals surface area contributed by atoms with Crippen molar-refractivity contribution < 1.29 is 15.3 Å². The van der Waals surface area contributed by atoms with Crippen molar-refractivity contribution in [3.8, 4) is 17.2 Å². The number of anilines is 3. The molecule has 0 aliphatic rings. The first-order valence-electron chi connectivity index (χ1n) is 15.9. The first-order valence-corrected chi connectivity index (χ1v) is 15.9. The molecule has 0 fully saturated rings. The molecule has 242 valence electrons. The molecule has 0 spiro atoms. The minimum atomic E-state index is 0. The average Bonchev–Trinajstić information content (AvgIpc) is 2.99. The normalized spacial score (nSPS) is 9.91. The lowest BCUT2D eigenvalue weighted by atomic mass is 10.2. The topological polar surface area (TPSA) is 70.4 Å². The second kappa shape index (κ2) is 24.0. The van der Waals surface area contributed by atoms with Crippen molar-refractivity contribution in [2.45, 2.75) is 87.5 Å². The fourth-order valence-corrected chi connectivity index (χ4v) is 4.72. The highest BCUT2D eigenvalue weighted by Crippen LogP contribution is 2.20. The Morgan fingerprint density at radius 1 is 0.349 bits per heavy atom. The second-order valence-electron chi connectivity index (χ2n) is 10.5. The summed E-state index contributed by atoms with van der Waals surface area (Å²) in [6.45, 7) is 19.6. The lowest BCUT2D eigenvalue weighted by Gasteiger charge is -2.23. The van der Waals surface area contributed by atoms with Gasteiger partial charge < -0.3 is 30.0 Å². The number of nitrogens with zero attached hydrogens (tertiary/aromatic N) is 3. The van der Waals surface area contributed by atoms with Crippen LogP contribution in [0.5, 0.6) is 17.2 Å². The van der Waals surface area contributed by atoms with E-state index in [1.807, 2.05) is 36.4 Å². The molecule has 3 N–H and O–H groups in total. The third-order valence-corrected chi connectivity index (χ3v) is 6.61. The van der Waals surface area contributed by atoms with Gasteiger partial charge in [-0.3, -0.25) is 0 Å². The fraction of sp³-hybridized carbons (Fsp3) is 0.514. The molecular weight excluding hydrogens is 534 g/mol. The number of phenols is 3. The molecule has 0 heterocycles. The molecule has 3 aromatic carbocycles. The molecule has 0 saturated heterocycles. The minimum absolute atomic E-state index is 0. The largest absolute Gasteiger partial charge is 0.508 e. The number of hydrogen-bond acceptors (Lipinski definition) is 6. The summed E-state index contributed by atoms with van der Waals surface area (Å²) in [7, 11) is 0. The predicted octanol–water partition coefficient (Wildman–Crippen LogP) is 9.69. The van der Waals surface area contributed by atoms with E-state index in [0.717, 1.165) is 77.8 Å². The number of aromatic hydroxyl groups is 3. The Labute approximate surface area is 263 Å². The van der Waals surface area contributed by atoms with Crippen molar-refractivity contribution in [2.75, 3.05) is 54.0 Å². The molecule has 3 aromatic rings. The highest BCUT2D eigenvalue weighted by Gasteiger charge is 2.05. The molecule has 0 atom stereocenters. The van der Waals surface area contributed by atoms with Crippen LogP contribution in [0.4, 0.5) is 17.1 Å². The first kappa shape index (κ1) is 39.5. The van der Waals surface area contributed by atoms with E-state index in [1.54, 1.807) is 36.4 Å². The Hall–Kier alpha value is -3.54. The number of rotatable bonds is 15. The maximum atomic E-state index is 9.18. The van der Waals surface area contributed by atoms with Gasteiger partial charge in [-0.1, -0.05) is 49.0 Å². The van der Waals surface area contributed by atoms with Crippen LogP contribution in [0.3, 0.4) is 0 Å². The molecule has 0 bridgehead atoms. The van der Waals surface area contributed by atoms with E-state index >= 15 is 0 Å². The molecule has 0 aromatic heterocycles. The minimum Gasteiger partial charge on any atom is -0.508 e. The average molecular weight is 596 g/mol. The van der Waals surface area contributed by atoms with Gasteiger partial charge in [0.1, 0.15) is 17.2 Å². The van der Waals surface area contributed by atoms with Gasteiger partial charge in [0.15, 0.2) is 0 Å². The van der Waals surface area contributed by atoms with E-state index in [4.69, 9.17) is 0 Å². The molecule has 6 heteroatoms. The van der Waals surface area contributed by atoms with Gasteiger partial charge in [0, 0.05) is 56.3 Å². The van der Waals surface area contributed by atoms with Crippen LogP contribution < -0.4 is 14.7 Å². The Bertz CT molecular complexity index is 886. The molecule has 0 radical (unpaired) electrons. The van der Waals surface area contributed by atoms with E-state index in [-0.39, 0.29) is 7.43 Å². The molecule has 0 saturated carbocycles. The summed E-state index contributed by atoms with van der Waals surface area (Å²) in [6, 6.07) is 22.3. The summed E-state index contributed by atoms with van der Waals surface area (Å²) >= 11 is 0. The number of benzene rings is 3. The standard InChI is InChI=1S/3C12H19NO.CH4/c3*1-3-9-13(10-4-2)11-5-7-12(14)8-6-11;/h3*5-8,14H,3-4,9-10H2,1-2H3;1H4. The van der Waals surface area contributed by atoms with Gasteiger partial charge in [-0.25, -0.2) is 0 Å². The van der Waals surface area contributed by atoms with Crippen molar-refractivity contribution in [3.05, 3.63) is 72.8 Å². The van der Waals surface area contributed by atoms with Crippen molar-refractivity contribution in [1.29, 1.82) is 0 Å². The quantitative estimate of drug-likeness (QED) is 0.162. The van der Waals surface area contributed by atoms with Gasteiger partial charge in [0.05, 0.1) is 0 Å². The lowest BCUT2D eigenvalue weighted by Crippen LogP contribution is -2.24. The SMILES string of the molecule is C.CCCN(CCC)c1ccc(O)cc1.CCCN(CCC)c1ccc(O)cc1.CCCN(CCC)c1ccc(O)cc1. The van der Waals surface area contributed by atoms with Gasteiger partial charge in [-0.15, -0.1) is 0 Å². The molecule has 0 aliphatic heterocycles. The van der Waals surface area contributed by atoms with Crippen molar-refractivity contribution in [2.24, 2.45) is 0 Å². The summed E-state index contributed by atoms with van der Waals surface area (Å²) in [5.74, 6) is 1.00. The third kappa shape index (κ3) is 16.0. The van der Waals surface area contributed by atoms with Crippen molar-refractivity contribution in [3.63, 3.8) is 0 Å². The predicted molar refractivity (Wildman–Crippen MR) is 189 cm³/mol. The van der Waals surface area contributed by atoms with E-state index in [1.165, 1.54) is 17.1 Å². The smallest absolute Gasteiger partial charge is 0.115 e. The molecule has 0 unspecified atom stereocenters. The molecule has 6 nitrogen and oxygen atoms in total. The zero-order valence-corrected chi connectivity index (χ0v) is 27.1. The maximum absolute atomic E-state index is 9.18. The van der Waals surface area contributed by atoms with E-state index in [9.17, 15) is 15.3 Å². The Balaban J connectivity index is 0.000000608. The number of phenolic OH excluding ortho intramolecular Hbond substituents is 3. The van der Waals surface area contributed by atoms with Crippen LogP contribution in [-0.4, -0.2) is 54.6 Å². The molecule has 3 rings (SSSR count). The molecule has 43 heavy (non-hydrogen) atoms. The Morgan fingerprint density at radius 2 is 0.512 bits per heavy atom. The zero-order valence-electron chi connectivity index (χ0n) is 27.1. The highest BCUT2D eigenvalue weighted by molar-refractivity contribution is 5.50. The van der Waals surface area contributed by atoms with Crippen LogP contribution in [0, 0.1) is 0 Å². The van der Waals surface area contributed by atoms with Gasteiger partial charge >= 0.3 is 0 Å². The van der Waals surface area contributed by atoms with E-state index in [2.05, 4.69) is 56.2 Å². The lowest BCUT2D eigenvalue weighted by molar-refractivity contribution is 0.474. The summed E-state index contributed by atoms with van der Waals surface area (Å²) in [5, 5.41) is 27.5. The van der Waals surface area contributed by atoms with Crippen LogP contribution in [-0.2, 0) is 0 Å². The summed E-state index contributed by atoms with van der Waals surface area (Å²) in [6.07, 6.45) is 6.92. The van der Waals surface area contributed by atoms with Crippen molar-refractivity contribution >= 4 is 17.1 Å². The van der Waals surface area contributed by atoms with Crippen LogP contribution in [0.1, 0.15) is 87.5 Å². The third-order valence-electron chi connectivity index (χ3n) is 6.61. The van der Waals surface area contributed by atoms with Crippen LogP contribution in [0.15, 0.2) is 72.8 Å². The Morgan fingerprint density at radius 3 is 0.651 bits per heavy atom. The monoisotopic (exact) mass is 595 g/mol. The van der Waals surface area contributed by atoms with Gasteiger partial charge in [0.25, 0.3) is 0 Å².